The lowest BCUT2D eigenvalue weighted by Gasteiger charge is -2.29. The van der Waals surface area contributed by atoms with Crippen LogP contribution < -0.4 is 4.31 Å². The molecule has 1 aliphatic rings. The van der Waals surface area contributed by atoms with Crippen molar-refractivity contribution in [3.05, 3.63) is 95.6 Å². The Morgan fingerprint density at radius 2 is 1.31 bits per heavy atom. The van der Waals surface area contributed by atoms with E-state index in [1.54, 1.807) is 42.5 Å². The Balaban J connectivity index is 1.77. The van der Waals surface area contributed by atoms with Gasteiger partial charge in [0.1, 0.15) is 6.04 Å². The molecule has 0 radical (unpaired) electrons. The minimum Gasteiger partial charge on any atom is -0.271 e. The molecule has 0 saturated heterocycles. The maximum absolute atomic E-state index is 13.6. The van der Waals surface area contributed by atoms with Crippen molar-refractivity contribution in [2.75, 3.05) is 4.31 Å². The Bertz CT molecular complexity index is 1280. The number of hydrogen-bond donors (Lipinski definition) is 0. The number of hydrogen-bond acceptors (Lipinski definition) is 5. The largest absolute Gasteiger partial charge is 0.271 e. The summed E-state index contributed by atoms with van der Waals surface area (Å²) in [6, 6.07) is 18.9. The highest BCUT2D eigenvalue weighted by molar-refractivity contribution is 7.93. The Kier molecular flexibility index (Phi) is 5.40. The third-order valence-corrected chi connectivity index (χ3v) is 7.06. The minimum absolute atomic E-state index is 0.0742. The lowest BCUT2D eigenvalue weighted by molar-refractivity contribution is -0.120. The fourth-order valence-electron chi connectivity index (χ4n) is 3.60. The highest BCUT2D eigenvalue weighted by atomic mass is 32.2. The van der Waals surface area contributed by atoms with Crippen molar-refractivity contribution in [1.82, 2.24) is 4.90 Å². The Labute approximate surface area is 185 Å². The number of carbonyl (C=O) groups excluding carboxylic acids is 3. The number of carbonyl (C=O) groups is 3. The van der Waals surface area contributed by atoms with Crippen LogP contribution >= 0.6 is 0 Å². The van der Waals surface area contributed by atoms with E-state index in [0.29, 0.717) is 4.31 Å². The van der Waals surface area contributed by atoms with Crippen LogP contribution in [0.25, 0.3) is 0 Å². The summed E-state index contributed by atoms with van der Waals surface area (Å²) < 4.78 is 27.7. The van der Waals surface area contributed by atoms with Crippen LogP contribution in [0.4, 0.5) is 5.69 Å². The van der Waals surface area contributed by atoms with E-state index in [1.807, 2.05) is 6.92 Å². The second-order valence-corrected chi connectivity index (χ2v) is 9.24. The van der Waals surface area contributed by atoms with E-state index in [-0.39, 0.29) is 21.7 Å². The van der Waals surface area contributed by atoms with Gasteiger partial charge in [0.2, 0.25) is 0 Å². The van der Waals surface area contributed by atoms with Gasteiger partial charge in [-0.25, -0.2) is 12.7 Å². The van der Waals surface area contributed by atoms with Crippen LogP contribution in [0.5, 0.6) is 0 Å². The first-order chi connectivity index (χ1) is 15.2. The number of fused-ring (bicyclic) bond motifs is 1. The van der Waals surface area contributed by atoms with Gasteiger partial charge in [-0.15, -0.1) is 0 Å². The molecule has 32 heavy (non-hydrogen) atoms. The zero-order chi connectivity index (χ0) is 23.0. The van der Waals surface area contributed by atoms with Crippen molar-refractivity contribution in [2.24, 2.45) is 0 Å². The average molecular weight is 449 g/mol. The number of para-hydroxylation sites is 1. The molecule has 3 aromatic rings. The summed E-state index contributed by atoms with van der Waals surface area (Å²) in [7, 11) is -4.31. The van der Waals surface area contributed by atoms with Gasteiger partial charge < -0.3 is 0 Å². The van der Waals surface area contributed by atoms with Gasteiger partial charge in [-0.1, -0.05) is 48.0 Å². The molecule has 7 nitrogen and oxygen atoms in total. The van der Waals surface area contributed by atoms with Gasteiger partial charge in [0.25, 0.3) is 27.7 Å². The zero-order valence-electron chi connectivity index (χ0n) is 17.4. The molecule has 0 N–H and O–H groups in total. The number of rotatable bonds is 5. The molecule has 0 saturated carbocycles. The van der Waals surface area contributed by atoms with Crippen molar-refractivity contribution in [1.29, 1.82) is 0 Å². The SMILES string of the molecule is Cc1ccc(S(=O)(=O)N(C(=O)C(C)N2C(=O)c3ccccc3C2=O)c2ccccc2)cc1. The second kappa shape index (κ2) is 8.05. The molecule has 0 spiro atoms. The molecular formula is C24H20N2O5S. The first kappa shape index (κ1) is 21.5. The summed E-state index contributed by atoms with van der Waals surface area (Å²) in [5.41, 5.74) is 1.34. The Hall–Kier alpha value is -3.78. The second-order valence-electron chi connectivity index (χ2n) is 7.46. The quantitative estimate of drug-likeness (QED) is 0.558. The average Bonchev–Trinajstić information content (AvgIpc) is 3.04. The lowest BCUT2D eigenvalue weighted by Crippen LogP contribution is -2.51. The Morgan fingerprint density at radius 3 is 1.84 bits per heavy atom. The highest BCUT2D eigenvalue weighted by Crippen LogP contribution is 2.29. The molecule has 0 aromatic heterocycles. The summed E-state index contributed by atoms with van der Waals surface area (Å²) >= 11 is 0. The van der Waals surface area contributed by atoms with Gasteiger partial charge in [-0.2, -0.15) is 0 Å². The van der Waals surface area contributed by atoms with Crippen molar-refractivity contribution in [3.63, 3.8) is 0 Å². The number of amides is 3. The molecule has 3 aromatic carbocycles. The molecule has 4 rings (SSSR count). The van der Waals surface area contributed by atoms with E-state index in [0.717, 1.165) is 10.5 Å². The maximum atomic E-state index is 13.6. The van der Waals surface area contributed by atoms with Crippen LogP contribution in [-0.4, -0.2) is 37.1 Å². The van der Waals surface area contributed by atoms with Gasteiger partial charge in [0, 0.05) is 0 Å². The molecule has 3 amide bonds. The number of imide groups is 1. The van der Waals surface area contributed by atoms with E-state index in [2.05, 4.69) is 0 Å². The van der Waals surface area contributed by atoms with Gasteiger partial charge >= 0.3 is 0 Å². The number of aryl methyl sites for hydroxylation is 1. The molecule has 1 heterocycles. The number of sulfonamides is 1. The molecule has 1 unspecified atom stereocenters. The first-order valence-electron chi connectivity index (χ1n) is 9.91. The van der Waals surface area contributed by atoms with Crippen LogP contribution in [0.1, 0.15) is 33.2 Å². The number of benzene rings is 3. The van der Waals surface area contributed by atoms with Gasteiger partial charge in [-0.3, -0.25) is 19.3 Å². The van der Waals surface area contributed by atoms with E-state index < -0.39 is 33.8 Å². The fraction of sp³-hybridized carbons (Fsp3) is 0.125. The predicted molar refractivity (Wildman–Crippen MR) is 119 cm³/mol. The van der Waals surface area contributed by atoms with Crippen LogP contribution in [0.2, 0.25) is 0 Å². The van der Waals surface area contributed by atoms with Crippen molar-refractivity contribution in [2.45, 2.75) is 24.8 Å². The van der Waals surface area contributed by atoms with E-state index in [9.17, 15) is 22.8 Å². The first-order valence-corrected chi connectivity index (χ1v) is 11.4. The molecule has 1 atom stereocenters. The summed E-state index contributed by atoms with van der Waals surface area (Å²) in [4.78, 5) is 40.0. The standard InChI is InChI=1S/C24H20N2O5S/c1-16-12-14-19(15-13-16)32(30,31)26(18-8-4-3-5-9-18)22(27)17(2)25-23(28)20-10-6-7-11-21(20)24(25)29/h3-15,17H,1-2H3. The van der Waals surface area contributed by atoms with Gasteiger partial charge in [-0.05, 0) is 50.2 Å². The van der Waals surface area contributed by atoms with Crippen LogP contribution in [-0.2, 0) is 14.8 Å². The van der Waals surface area contributed by atoms with E-state index >= 15 is 0 Å². The van der Waals surface area contributed by atoms with Crippen molar-refractivity contribution >= 4 is 33.4 Å². The molecule has 0 aliphatic carbocycles. The highest BCUT2D eigenvalue weighted by Gasteiger charge is 2.44. The monoisotopic (exact) mass is 448 g/mol. The maximum Gasteiger partial charge on any atom is 0.270 e. The smallest absolute Gasteiger partial charge is 0.270 e. The summed E-state index contributed by atoms with van der Waals surface area (Å²) in [6.45, 7) is 3.17. The molecular weight excluding hydrogens is 428 g/mol. The van der Waals surface area contributed by atoms with Crippen molar-refractivity contribution < 1.29 is 22.8 Å². The van der Waals surface area contributed by atoms with Crippen LogP contribution in [0.3, 0.4) is 0 Å². The third-order valence-electron chi connectivity index (χ3n) is 5.32. The molecule has 162 valence electrons. The lowest BCUT2D eigenvalue weighted by atomic mass is 10.1. The van der Waals surface area contributed by atoms with Crippen molar-refractivity contribution in [3.8, 4) is 0 Å². The molecule has 1 aliphatic heterocycles. The molecule has 8 heteroatoms. The van der Waals surface area contributed by atoms with Crippen LogP contribution in [0.15, 0.2) is 83.8 Å². The zero-order valence-corrected chi connectivity index (χ0v) is 18.2. The fourth-order valence-corrected chi connectivity index (χ4v) is 5.08. The number of anilines is 1. The summed E-state index contributed by atoms with van der Waals surface area (Å²) in [6.07, 6.45) is 0. The van der Waals surface area contributed by atoms with E-state index in [4.69, 9.17) is 0 Å². The van der Waals surface area contributed by atoms with Gasteiger partial charge in [0.15, 0.2) is 0 Å². The normalized spacial score (nSPS) is 14.2. The minimum atomic E-state index is -4.31. The summed E-state index contributed by atoms with van der Waals surface area (Å²) in [5.74, 6) is -2.18. The number of nitrogens with zero attached hydrogens (tertiary/aromatic N) is 2. The third kappa shape index (κ3) is 3.48. The summed E-state index contributed by atoms with van der Waals surface area (Å²) in [5, 5.41) is 0. The Morgan fingerprint density at radius 1 is 0.812 bits per heavy atom. The van der Waals surface area contributed by atoms with E-state index in [1.165, 1.54) is 43.3 Å². The molecule has 0 bridgehead atoms. The predicted octanol–water partition coefficient (Wildman–Crippen LogP) is 3.40. The topological polar surface area (TPSA) is 91.8 Å². The molecule has 0 fully saturated rings. The van der Waals surface area contributed by atoms with Gasteiger partial charge in [0.05, 0.1) is 21.7 Å². The van der Waals surface area contributed by atoms with Crippen LogP contribution in [0, 0.1) is 6.92 Å².